The number of aliphatic carboxylic acids is 1. The van der Waals surface area contributed by atoms with Crippen LogP contribution in [0.1, 0.15) is 6.42 Å². The van der Waals surface area contributed by atoms with Gasteiger partial charge in [-0.2, -0.15) is 30.2 Å². The molecule has 158 valence electrons. The van der Waals surface area contributed by atoms with E-state index in [2.05, 4.69) is 4.98 Å². The van der Waals surface area contributed by atoms with Gasteiger partial charge in [-0.15, -0.1) is 11.8 Å². The molecule has 0 aromatic carbocycles. The van der Waals surface area contributed by atoms with Crippen molar-refractivity contribution in [1.82, 2.24) is 13.6 Å². The molecule has 0 amide bonds. The number of thioether (sulfide) groups is 1. The standard InChI is InChI=1S/C13H19N3O3S2.C2HF3O2/c1-15(2)21(17,18)16-9-13(10-16)7-11(8-20-13)19-12-5-3-4-6-14-12;3-2(4,5)1(6)7/h3-6,11H,7-10H2,1-2H3;(H,6,7). The Morgan fingerprint density at radius 1 is 1.39 bits per heavy atom. The van der Waals surface area contributed by atoms with Crippen molar-refractivity contribution < 1.29 is 36.2 Å². The maximum Gasteiger partial charge on any atom is 0.490 e. The first kappa shape index (κ1) is 22.7. The molecule has 2 saturated heterocycles. The average molecular weight is 443 g/mol. The van der Waals surface area contributed by atoms with Crippen molar-refractivity contribution >= 4 is 27.9 Å². The van der Waals surface area contributed by atoms with Crippen LogP contribution < -0.4 is 4.74 Å². The predicted molar refractivity (Wildman–Crippen MR) is 96.3 cm³/mol. The number of alkyl halides is 3. The molecule has 0 aliphatic carbocycles. The number of pyridine rings is 1. The molecule has 1 aromatic heterocycles. The number of halogens is 3. The molecule has 28 heavy (non-hydrogen) atoms. The van der Waals surface area contributed by atoms with Crippen LogP contribution in [0.25, 0.3) is 0 Å². The molecule has 1 unspecified atom stereocenters. The summed E-state index contributed by atoms with van der Waals surface area (Å²) in [6, 6.07) is 5.60. The van der Waals surface area contributed by atoms with E-state index in [-0.39, 0.29) is 10.9 Å². The summed E-state index contributed by atoms with van der Waals surface area (Å²) in [5.41, 5.74) is 0. The van der Waals surface area contributed by atoms with E-state index in [1.165, 1.54) is 8.61 Å². The molecule has 3 heterocycles. The summed E-state index contributed by atoms with van der Waals surface area (Å²) in [6.45, 7) is 1.14. The van der Waals surface area contributed by atoms with Gasteiger partial charge in [-0.05, 0) is 6.07 Å². The SMILES string of the molecule is CN(C)S(=O)(=O)N1CC2(CC(Oc3ccccn3)CS2)C1.O=C(O)C(F)(F)F. The quantitative estimate of drug-likeness (QED) is 0.752. The summed E-state index contributed by atoms with van der Waals surface area (Å²) in [5.74, 6) is -1.24. The van der Waals surface area contributed by atoms with Crippen molar-refractivity contribution in [2.24, 2.45) is 0 Å². The van der Waals surface area contributed by atoms with E-state index in [4.69, 9.17) is 14.6 Å². The van der Waals surface area contributed by atoms with Crippen LogP contribution in [0.5, 0.6) is 5.88 Å². The van der Waals surface area contributed by atoms with Crippen molar-refractivity contribution in [3.05, 3.63) is 24.4 Å². The first-order valence-corrected chi connectivity index (χ1v) is 10.4. The lowest BCUT2D eigenvalue weighted by atomic mass is 9.95. The lowest BCUT2D eigenvalue weighted by molar-refractivity contribution is -0.192. The van der Waals surface area contributed by atoms with Crippen LogP contribution in [0, 0.1) is 0 Å². The summed E-state index contributed by atoms with van der Waals surface area (Å²) < 4.78 is 64.5. The molecular weight excluding hydrogens is 423 g/mol. The van der Waals surface area contributed by atoms with Gasteiger partial charge in [0.05, 0.1) is 0 Å². The minimum Gasteiger partial charge on any atom is -0.475 e. The van der Waals surface area contributed by atoms with E-state index in [9.17, 15) is 21.6 Å². The second kappa shape index (κ2) is 8.43. The van der Waals surface area contributed by atoms with E-state index < -0.39 is 22.4 Å². The Labute approximate surface area is 164 Å². The van der Waals surface area contributed by atoms with Crippen LogP contribution in [-0.2, 0) is 15.0 Å². The van der Waals surface area contributed by atoms with E-state index in [1.807, 2.05) is 30.0 Å². The van der Waals surface area contributed by atoms with Crippen molar-refractivity contribution in [2.75, 3.05) is 32.9 Å². The molecule has 1 N–H and O–H groups in total. The molecule has 0 bridgehead atoms. The van der Waals surface area contributed by atoms with Gasteiger partial charge in [-0.1, -0.05) is 6.07 Å². The van der Waals surface area contributed by atoms with Gasteiger partial charge < -0.3 is 9.84 Å². The number of carbonyl (C=O) groups is 1. The Bertz CT molecular complexity index is 784. The fourth-order valence-corrected chi connectivity index (χ4v) is 5.65. The number of rotatable bonds is 4. The van der Waals surface area contributed by atoms with E-state index in [1.54, 1.807) is 20.3 Å². The van der Waals surface area contributed by atoms with Gasteiger partial charge >= 0.3 is 12.1 Å². The average Bonchev–Trinajstić information content (AvgIpc) is 2.98. The number of carboxylic acid groups (broad SMARTS) is 1. The Kier molecular flexibility index (Phi) is 6.84. The maximum absolute atomic E-state index is 12.0. The zero-order valence-electron chi connectivity index (χ0n) is 15.1. The second-order valence-electron chi connectivity index (χ2n) is 6.47. The number of ether oxygens (including phenoxy) is 1. The third-order valence-electron chi connectivity index (χ3n) is 4.06. The van der Waals surface area contributed by atoms with Gasteiger partial charge in [-0.3, -0.25) is 0 Å². The molecule has 1 aromatic rings. The lowest BCUT2D eigenvalue weighted by Crippen LogP contribution is -2.62. The summed E-state index contributed by atoms with van der Waals surface area (Å²) in [6.07, 6.45) is -2.40. The van der Waals surface area contributed by atoms with Crippen LogP contribution in [0.2, 0.25) is 0 Å². The highest BCUT2D eigenvalue weighted by molar-refractivity contribution is 8.01. The monoisotopic (exact) mass is 443 g/mol. The maximum atomic E-state index is 12.0. The van der Waals surface area contributed by atoms with Gasteiger partial charge in [0.2, 0.25) is 5.88 Å². The highest BCUT2D eigenvalue weighted by Gasteiger charge is 2.53. The van der Waals surface area contributed by atoms with E-state index in [0.717, 1.165) is 12.2 Å². The third kappa shape index (κ3) is 5.49. The first-order valence-electron chi connectivity index (χ1n) is 8.05. The van der Waals surface area contributed by atoms with Gasteiger partial charge in [0.25, 0.3) is 10.2 Å². The van der Waals surface area contributed by atoms with Crippen LogP contribution >= 0.6 is 11.8 Å². The molecule has 13 heteroatoms. The second-order valence-corrected chi connectivity index (χ2v) is 10.1. The van der Waals surface area contributed by atoms with E-state index >= 15 is 0 Å². The highest BCUT2D eigenvalue weighted by Crippen LogP contribution is 2.47. The van der Waals surface area contributed by atoms with Gasteiger partial charge in [-0.25, -0.2) is 9.78 Å². The Hall–Kier alpha value is -1.57. The van der Waals surface area contributed by atoms with Crippen LogP contribution in [0.3, 0.4) is 0 Å². The number of aromatic nitrogens is 1. The summed E-state index contributed by atoms with van der Waals surface area (Å²) in [4.78, 5) is 13.1. The fourth-order valence-electron chi connectivity index (χ4n) is 2.68. The number of hydrogen-bond acceptors (Lipinski definition) is 6. The summed E-state index contributed by atoms with van der Waals surface area (Å²) in [7, 11) is -0.151. The zero-order valence-corrected chi connectivity index (χ0v) is 16.7. The Morgan fingerprint density at radius 3 is 2.46 bits per heavy atom. The molecule has 2 aliphatic heterocycles. The van der Waals surface area contributed by atoms with Crippen molar-refractivity contribution in [3.63, 3.8) is 0 Å². The summed E-state index contributed by atoms with van der Waals surface area (Å²) in [5, 5.41) is 7.12. The Balaban J connectivity index is 0.000000345. The minimum atomic E-state index is -5.08. The van der Waals surface area contributed by atoms with Crippen molar-refractivity contribution in [1.29, 1.82) is 0 Å². The molecule has 3 rings (SSSR count). The number of nitrogens with zero attached hydrogens (tertiary/aromatic N) is 3. The van der Waals surface area contributed by atoms with Crippen molar-refractivity contribution in [3.8, 4) is 5.88 Å². The molecule has 1 spiro atoms. The van der Waals surface area contributed by atoms with Gasteiger partial charge in [0, 0.05) is 56.4 Å². The Morgan fingerprint density at radius 2 is 2.00 bits per heavy atom. The summed E-state index contributed by atoms with van der Waals surface area (Å²) >= 11 is 1.81. The number of carboxylic acids is 1. The minimum absolute atomic E-state index is 0.0164. The van der Waals surface area contributed by atoms with Crippen LogP contribution in [-0.4, -0.2) is 83.1 Å². The molecule has 8 nitrogen and oxygen atoms in total. The molecule has 2 aliphatic rings. The third-order valence-corrected chi connectivity index (χ3v) is 7.47. The molecule has 0 radical (unpaired) electrons. The molecular formula is C15H20F3N3O5S2. The molecule has 1 atom stereocenters. The smallest absolute Gasteiger partial charge is 0.475 e. The fraction of sp³-hybridized carbons (Fsp3) is 0.600. The van der Waals surface area contributed by atoms with E-state index in [0.29, 0.717) is 19.0 Å². The van der Waals surface area contributed by atoms with Crippen LogP contribution in [0.15, 0.2) is 24.4 Å². The zero-order chi connectivity index (χ0) is 21.2. The predicted octanol–water partition coefficient (Wildman–Crippen LogP) is 1.46. The number of hydrogen-bond donors (Lipinski definition) is 1. The topological polar surface area (TPSA) is 100 Å². The normalized spacial score (nSPS) is 21.7. The highest BCUT2D eigenvalue weighted by atomic mass is 32.2. The van der Waals surface area contributed by atoms with Crippen LogP contribution in [0.4, 0.5) is 13.2 Å². The van der Waals surface area contributed by atoms with Gasteiger partial charge in [0.1, 0.15) is 6.10 Å². The largest absolute Gasteiger partial charge is 0.490 e. The molecule has 0 saturated carbocycles. The lowest BCUT2D eigenvalue weighted by Gasteiger charge is -2.46. The van der Waals surface area contributed by atoms with Crippen molar-refractivity contribution in [2.45, 2.75) is 23.4 Å². The first-order chi connectivity index (χ1) is 12.9. The molecule has 2 fully saturated rings. The van der Waals surface area contributed by atoms with Gasteiger partial charge in [0.15, 0.2) is 0 Å².